The molecule has 1 saturated heterocycles. The molecule has 0 radical (unpaired) electrons. The molecule has 0 aromatic rings. The Morgan fingerprint density at radius 1 is 1.08 bits per heavy atom. The van der Waals surface area contributed by atoms with Gasteiger partial charge in [0.2, 0.25) is 0 Å². The van der Waals surface area contributed by atoms with Crippen LogP contribution in [0.1, 0.15) is 32.1 Å². The number of ether oxygens (including phenoxy) is 1. The fourth-order valence-electron chi connectivity index (χ4n) is 3.83. The Morgan fingerprint density at radius 3 is 2.23 bits per heavy atom. The van der Waals surface area contributed by atoms with Crippen molar-refractivity contribution in [3.63, 3.8) is 0 Å². The maximum absolute atomic E-state index is 5.83. The maximum Gasteiger partial charge on any atom is 0.127 e. The van der Waals surface area contributed by atoms with Gasteiger partial charge in [0.15, 0.2) is 0 Å². The number of rotatable bonds is 2. The number of likely N-dealkylation sites (tertiary alicyclic amines) is 1. The fourth-order valence-corrected chi connectivity index (χ4v) is 3.83. The van der Waals surface area contributed by atoms with E-state index in [1.807, 2.05) is 7.11 Å². The molecule has 0 aromatic carbocycles. The molecule has 0 amide bonds. The molecule has 0 N–H and O–H groups in total. The van der Waals surface area contributed by atoms with Crippen LogP contribution in [0.25, 0.3) is 0 Å². The van der Waals surface area contributed by atoms with E-state index in [9.17, 15) is 0 Å². The summed E-state index contributed by atoms with van der Waals surface area (Å²) in [5, 5.41) is 0. The molecule has 13 heavy (non-hydrogen) atoms. The Morgan fingerprint density at radius 2 is 1.69 bits per heavy atom. The van der Waals surface area contributed by atoms with Gasteiger partial charge in [-0.05, 0) is 25.7 Å². The van der Waals surface area contributed by atoms with E-state index in [4.69, 9.17) is 4.74 Å². The van der Waals surface area contributed by atoms with Crippen molar-refractivity contribution in [3.8, 4) is 0 Å². The van der Waals surface area contributed by atoms with E-state index in [-0.39, 0.29) is 5.72 Å². The van der Waals surface area contributed by atoms with Gasteiger partial charge >= 0.3 is 0 Å². The van der Waals surface area contributed by atoms with Gasteiger partial charge in [0, 0.05) is 32.0 Å². The fraction of sp³-hybridized carbons (Fsp3) is 1.00. The molecule has 1 aliphatic heterocycles. The van der Waals surface area contributed by atoms with Crippen LogP contribution in [0.3, 0.4) is 0 Å². The van der Waals surface area contributed by atoms with Crippen molar-refractivity contribution in [1.29, 1.82) is 0 Å². The van der Waals surface area contributed by atoms with Gasteiger partial charge in [0.1, 0.15) is 5.72 Å². The van der Waals surface area contributed by atoms with Gasteiger partial charge in [-0.25, -0.2) is 0 Å². The Balaban J connectivity index is 1.79. The SMILES string of the molecule is COC1(N2CCCC2)[C@@H]2CCC[C@@H]21. The normalized spacial score (nSPS) is 49.6. The van der Waals surface area contributed by atoms with E-state index >= 15 is 0 Å². The van der Waals surface area contributed by atoms with E-state index < -0.39 is 0 Å². The van der Waals surface area contributed by atoms with Crippen molar-refractivity contribution in [2.45, 2.75) is 37.8 Å². The first-order chi connectivity index (χ1) is 6.39. The molecule has 0 spiro atoms. The lowest BCUT2D eigenvalue weighted by molar-refractivity contribution is -0.0732. The standard InChI is InChI=1S/C11H19NO/c1-13-11(12-7-2-3-8-12)9-5-4-6-10(9)11/h9-10H,2-8H2,1H3/t9-,10+,11?. The zero-order valence-corrected chi connectivity index (χ0v) is 8.46. The first-order valence-electron chi connectivity index (χ1n) is 5.70. The molecule has 1 heterocycles. The quantitative estimate of drug-likeness (QED) is 0.644. The number of fused-ring (bicyclic) bond motifs is 1. The highest BCUT2D eigenvalue weighted by Crippen LogP contribution is 2.64. The summed E-state index contributed by atoms with van der Waals surface area (Å²) in [7, 11) is 1.91. The summed E-state index contributed by atoms with van der Waals surface area (Å²) in [6, 6.07) is 0. The molecule has 3 atom stereocenters. The Hall–Kier alpha value is -0.0800. The molecule has 3 aliphatic rings. The van der Waals surface area contributed by atoms with E-state index in [2.05, 4.69) is 4.90 Å². The van der Waals surface area contributed by atoms with Crippen LogP contribution in [-0.2, 0) is 4.74 Å². The second-order valence-corrected chi connectivity index (χ2v) is 4.79. The first-order valence-corrected chi connectivity index (χ1v) is 5.70. The van der Waals surface area contributed by atoms with Gasteiger partial charge in [-0.2, -0.15) is 0 Å². The Labute approximate surface area is 80.2 Å². The van der Waals surface area contributed by atoms with Crippen LogP contribution in [0.5, 0.6) is 0 Å². The van der Waals surface area contributed by atoms with Crippen LogP contribution in [0.4, 0.5) is 0 Å². The minimum absolute atomic E-state index is 0.217. The monoisotopic (exact) mass is 181 g/mol. The lowest BCUT2D eigenvalue weighted by Gasteiger charge is -2.30. The molecule has 1 unspecified atom stereocenters. The van der Waals surface area contributed by atoms with Crippen LogP contribution in [0.15, 0.2) is 0 Å². The highest BCUT2D eigenvalue weighted by Gasteiger charge is 2.69. The molecule has 74 valence electrons. The molecular formula is C11H19NO. The summed E-state index contributed by atoms with van der Waals surface area (Å²) < 4.78 is 5.83. The number of hydrogen-bond donors (Lipinski definition) is 0. The predicted molar refractivity (Wildman–Crippen MR) is 51.4 cm³/mol. The second-order valence-electron chi connectivity index (χ2n) is 4.79. The molecule has 3 fully saturated rings. The number of methoxy groups -OCH3 is 1. The third-order valence-electron chi connectivity index (χ3n) is 4.40. The maximum atomic E-state index is 5.83. The first kappa shape index (κ1) is 8.25. The topological polar surface area (TPSA) is 12.5 Å². The highest BCUT2D eigenvalue weighted by molar-refractivity contribution is 5.15. The van der Waals surface area contributed by atoms with Crippen LogP contribution in [0, 0.1) is 11.8 Å². The van der Waals surface area contributed by atoms with Gasteiger partial charge in [-0.3, -0.25) is 4.90 Å². The second kappa shape index (κ2) is 2.71. The van der Waals surface area contributed by atoms with Crippen molar-refractivity contribution < 1.29 is 4.74 Å². The molecule has 0 bridgehead atoms. The van der Waals surface area contributed by atoms with E-state index in [1.165, 1.54) is 45.2 Å². The summed E-state index contributed by atoms with van der Waals surface area (Å²) in [5.41, 5.74) is 0.217. The lowest BCUT2D eigenvalue weighted by atomic mass is 10.2. The van der Waals surface area contributed by atoms with E-state index in [0.717, 1.165) is 11.8 Å². The van der Waals surface area contributed by atoms with E-state index in [1.54, 1.807) is 0 Å². The van der Waals surface area contributed by atoms with Gasteiger partial charge in [0.25, 0.3) is 0 Å². The highest BCUT2D eigenvalue weighted by atomic mass is 16.5. The summed E-state index contributed by atoms with van der Waals surface area (Å²) in [5.74, 6) is 1.77. The third-order valence-corrected chi connectivity index (χ3v) is 4.40. The van der Waals surface area contributed by atoms with Crippen molar-refractivity contribution >= 4 is 0 Å². The summed E-state index contributed by atoms with van der Waals surface area (Å²) >= 11 is 0. The van der Waals surface area contributed by atoms with Gasteiger partial charge in [-0.1, -0.05) is 6.42 Å². The largest absolute Gasteiger partial charge is 0.363 e. The molecule has 2 heteroatoms. The average molecular weight is 181 g/mol. The number of nitrogens with zero attached hydrogens (tertiary/aromatic N) is 1. The van der Waals surface area contributed by atoms with Crippen molar-refractivity contribution in [2.24, 2.45) is 11.8 Å². The molecule has 3 rings (SSSR count). The van der Waals surface area contributed by atoms with Crippen molar-refractivity contribution in [2.75, 3.05) is 20.2 Å². The Kier molecular flexibility index (Phi) is 1.72. The number of hydrogen-bond acceptors (Lipinski definition) is 2. The molecule has 2 aliphatic carbocycles. The van der Waals surface area contributed by atoms with Gasteiger partial charge < -0.3 is 4.74 Å². The molecule has 2 nitrogen and oxygen atoms in total. The smallest absolute Gasteiger partial charge is 0.127 e. The molecular weight excluding hydrogens is 162 g/mol. The predicted octanol–water partition coefficient (Wildman–Crippen LogP) is 1.85. The van der Waals surface area contributed by atoms with Crippen LogP contribution < -0.4 is 0 Å². The van der Waals surface area contributed by atoms with Crippen LogP contribution >= 0.6 is 0 Å². The van der Waals surface area contributed by atoms with Crippen LogP contribution in [0.2, 0.25) is 0 Å². The Bertz CT molecular complexity index is 200. The molecule has 0 aromatic heterocycles. The summed E-state index contributed by atoms with van der Waals surface area (Å²) in [6.45, 7) is 2.56. The van der Waals surface area contributed by atoms with E-state index in [0.29, 0.717) is 0 Å². The zero-order valence-electron chi connectivity index (χ0n) is 8.46. The van der Waals surface area contributed by atoms with Crippen molar-refractivity contribution in [1.82, 2.24) is 4.90 Å². The summed E-state index contributed by atoms with van der Waals surface area (Å²) in [6.07, 6.45) is 7.02. The van der Waals surface area contributed by atoms with Gasteiger partial charge in [0.05, 0.1) is 0 Å². The molecule has 2 saturated carbocycles. The zero-order chi connectivity index (χ0) is 8.89. The summed E-state index contributed by atoms with van der Waals surface area (Å²) in [4.78, 5) is 2.61. The lowest BCUT2D eigenvalue weighted by Crippen LogP contribution is -2.40. The van der Waals surface area contributed by atoms with Crippen molar-refractivity contribution in [3.05, 3.63) is 0 Å². The third kappa shape index (κ3) is 0.909. The minimum Gasteiger partial charge on any atom is -0.363 e. The minimum atomic E-state index is 0.217. The van der Waals surface area contributed by atoms with Gasteiger partial charge in [-0.15, -0.1) is 0 Å². The average Bonchev–Trinajstić information content (AvgIpc) is 2.71. The van der Waals surface area contributed by atoms with Crippen LogP contribution in [-0.4, -0.2) is 30.8 Å².